The molecule has 0 amide bonds. The van der Waals surface area contributed by atoms with Gasteiger partial charge in [-0.15, -0.1) is 0 Å². The van der Waals surface area contributed by atoms with Crippen LogP contribution in [0, 0.1) is 0 Å². The molecule has 0 bridgehead atoms. The number of aliphatic hydroxyl groups excluding tert-OH is 1. The van der Waals surface area contributed by atoms with Gasteiger partial charge in [-0.2, -0.15) is 0 Å². The molecule has 1 aromatic rings. The SMILES string of the molecule is CC(O)C(C)(C)NCc1cccnc1Cl. The van der Waals surface area contributed by atoms with Gasteiger partial charge in [0.2, 0.25) is 0 Å². The molecule has 0 aromatic carbocycles. The minimum absolute atomic E-state index is 0.334. The second kappa shape index (κ2) is 4.92. The van der Waals surface area contributed by atoms with Crippen LogP contribution in [0.15, 0.2) is 18.3 Å². The summed E-state index contributed by atoms with van der Waals surface area (Å²) in [6.45, 7) is 6.26. The average Bonchev–Trinajstić information content (AvgIpc) is 2.16. The summed E-state index contributed by atoms with van der Waals surface area (Å²) in [6, 6.07) is 3.76. The summed E-state index contributed by atoms with van der Waals surface area (Å²) in [6.07, 6.45) is 1.24. The first kappa shape index (κ1) is 12.4. The topological polar surface area (TPSA) is 45.1 Å². The van der Waals surface area contributed by atoms with Crippen LogP contribution in [0.5, 0.6) is 0 Å². The maximum atomic E-state index is 9.52. The first-order valence-corrected chi connectivity index (χ1v) is 5.34. The lowest BCUT2D eigenvalue weighted by Gasteiger charge is -2.29. The van der Waals surface area contributed by atoms with Crippen LogP contribution < -0.4 is 5.32 Å². The molecule has 0 aliphatic carbocycles. The Labute approximate surface area is 95.5 Å². The van der Waals surface area contributed by atoms with Crippen LogP contribution in [0.25, 0.3) is 0 Å². The van der Waals surface area contributed by atoms with Gasteiger partial charge in [0.1, 0.15) is 5.15 Å². The standard InChI is InChI=1S/C11H17ClN2O/c1-8(15)11(2,3)14-7-9-5-4-6-13-10(9)12/h4-6,8,14-15H,7H2,1-3H3. The number of rotatable bonds is 4. The Kier molecular flexibility index (Phi) is 4.08. The molecule has 3 nitrogen and oxygen atoms in total. The van der Waals surface area contributed by atoms with Gasteiger partial charge < -0.3 is 10.4 Å². The van der Waals surface area contributed by atoms with Gasteiger partial charge in [0.25, 0.3) is 0 Å². The summed E-state index contributed by atoms with van der Waals surface area (Å²) in [4.78, 5) is 3.99. The molecule has 0 saturated carbocycles. The fourth-order valence-electron chi connectivity index (χ4n) is 1.02. The van der Waals surface area contributed by atoms with E-state index in [0.717, 1.165) is 5.56 Å². The predicted octanol–water partition coefficient (Wildman–Crippen LogP) is 1.98. The van der Waals surface area contributed by atoms with Crippen molar-refractivity contribution in [1.29, 1.82) is 0 Å². The van der Waals surface area contributed by atoms with E-state index in [-0.39, 0.29) is 5.54 Å². The first-order chi connectivity index (χ1) is 6.93. The second-order valence-corrected chi connectivity index (χ2v) is 4.56. The molecule has 15 heavy (non-hydrogen) atoms. The Balaban J connectivity index is 2.62. The van der Waals surface area contributed by atoms with Gasteiger partial charge in [0, 0.05) is 23.8 Å². The third kappa shape index (κ3) is 3.45. The van der Waals surface area contributed by atoms with E-state index < -0.39 is 6.10 Å². The molecule has 1 atom stereocenters. The average molecular weight is 229 g/mol. The van der Waals surface area contributed by atoms with Crippen molar-refractivity contribution in [3.63, 3.8) is 0 Å². The van der Waals surface area contributed by atoms with Crippen molar-refractivity contribution in [3.8, 4) is 0 Å². The van der Waals surface area contributed by atoms with Crippen molar-refractivity contribution in [1.82, 2.24) is 10.3 Å². The third-order valence-corrected chi connectivity index (χ3v) is 2.96. The molecule has 0 aliphatic rings. The van der Waals surface area contributed by atoms with Crippen molar-refractivity contribution >= 4 is 11.6 Å². The Morgan fingerprint density at radius 3 is 2.80 bits per heavy atom. The fourth-order valence-corrected chi connectivity index (χ4v) is 1.21. The summed E-state index contributed by atoms with van der Waals surface area (Å²) in [5.74, 6) is 0. The maximum absolute atomic E-state index is 9.52. The smallest absolute Gasteiger partial charge is 0.133 e. The summed E-state index contributed by atoms with van der Waals surface area (Å²) in [5.41, 5.74) is 0.604. The quantitative estimate of drug-likeness (QED) is 0.775. The highest BCUT2D eigenvalue weighted by Gasteiger charge is 2.23. The van der Waals surface area contributed by atoms with E-state index in [9.17, 15) is 5.11 Å². The van der Waals surface area contributed by atoms with E-state index in [1.54, 1.807) is 13.1 Å². The van der Waals surface area contributed by atoms with Crippen molar-refractivity contribution in [2.24, 2.45) is 0 Å². The number of aliphatic hydroxyl groups is 1. The largest absolute Gasteiger partial charge is 0.392 e. The Hall–Kier alpha value is -0.640. The highest BCUT2D eigenvalue weighted by Crippen LogP contribution is 2.14. The maximum Gasteiger partial charge on any atom is 0.133 e. The summed E-state index contributed by atoms with van der Waals surface area (Å²) >= 11 is 5.92. The van der Waals surface area contributed by atoms with E-state index in [2.05, 4.69) is 10.3 Å². The van der Waals surface area contributed by atoms with Gasteiger partial charge >= 0.3 is 0 Å². The lowest BCUT2D eigenvalue weighted by atomic mass is 9.98. The monoisotopic (exact) mass is 228 g/mol. The van der Waals surface area contributed by atoms with Gasteiger partial charge in [-0.05, 0) is 26.8 Å². The van der Waals surface area contributed by atoms with Crippen molar-refractivity contribution < 1.29 is 5.11 Å². The number of hydrogen-bond acceptors (Lipinski definition) is 3. The van der Waals surface area contributed by atoms with E-state index in [0.29, 0.717) is 11.7 Å². The second-order valence-electron chi connectivity index (χ2n) is 4.20. The molecule has 0 saturated heterocycles. The molecule has 0 aliphatic heterocycles. The number of pyridine rings is 1. The normalized spacial score (nSPS) is 13.9. The van der Waals surface area contributed by atoms with E-state index in [1.165, 1.54) is 0 Å². The lowest BCUT2D eigenvalue weighted by Crippen LogP contribution is -2.47. The molecule has 1 heterocycles. The molecule has 84 valence electrons. The predicted molar refractivity (Wildman–Crippen MR) is 61.8 cm³/mol. The molecule has 0 radical (unpaired) electrons. The molecule has 1 unspecified atom stereocenters. The van der Waals surface area contributed by atoms with Crippen LogP contribution in [0.4, 0.5) is 0 Å². The summed E-state index contributed by atoms with van der Waals surface area (Å²) in [7, 11) is 0. The van der Waals surface area contributed by atoms with E-state index in [4.69, 9.17) is 11.6 Å². The summed E-state index contributed by atoms with van der Waals surface area (Å²) < 4.78 is 0. The number of halogens is 1. The molecule has 4 heteroatoms. The van der Waals surface area contributed by atoms with Gasteiger partial charge in [-0.3, -0.25) is 0 Å². The fraction of sp³-hybridized carbons (Fsp3) is 0.545. The van der Waals surface area contributed by atoms with Crippen LogP contribution in [-0.2, 0) is 6.54 Å². The minimum atomic E-state index is -0.423. The molecular formula is C11H17ClN2O. The van der Waals surface area contributed by atoms with E-state index in [1.807, 2.05) is 26.0 Å². The Morgan fingerprint density at radius 2 is 2.27 bits per heavy atom. The Morgan fingerprint density at radius 1 is 1.60 bits per heavy atom. The lowest BCUT2D eigenvalue weighted by molar-refractivity contribution is 0.0956. The van der Waals surface area contributed by atoms with Crippen LogP contribution >= 0.6 is 11.6 Å². The van der Waals surface area contributed by atoms with Crippen LogP contribution in [0.1, 0.15) is 26.3 Å². The van der Waals surface area contributed by atoms with Gasteiger partial charge in [-0.1, -0.05) is 17.7 Å². The zero-order valence-corrected chi connectivity index (χ0v) is 10.0. The minimum Gasteiger partial charge on any atom is -0.392 e. The molecule has 2 N–H and O–H groups in total. The van der Waals surface area contributed by atoms with Crippen LogP contribution in [0.2, 0.25) is 5.15 Å². The number of nitrogens with zero attached hydrogens (tertiary/aromatic N) is 1. The third-order valence-electron chi connectivity index (χ3n) is 2.62. The highest BCUT2D eigenvalue weighted by molar-refractivity contribution is 6.30. The zero-order chi connectivity index (χ0) is 11.5. The number of nitrogens with one attached hydrogen (secondary N) is 1. The molecule has 0 fully saturated rings. The van der Waals surface area contributed by atoms with Gasteiger partial charge in [0.15, 0.2) is 0 Å². The van der Waals surface area contributed by atoms with Crippen LogP contribution in [0.3, 0.4) is 0 Å². The van der Waals surface area contributed by atoms with Crippen molar-refractivity contribution in [2.45, 2.75) is 39.0 Å². The number of hydrogen-bond donors (Lipinski definition) is 2. The summed E-state index contributed by atoms with van der Waals surface area (Å²) in [5, 5.41) is 13.3. The van der Waals surface area contributed by atoms with Crippen molar-refractivity contribution in [2.75, 3.05) is 0 Å². The first-order valence-electron chi connectivity index (χ1n) is 4.96. The van der Waals surface area contributed by atoms with Crippen LogP contribution in [-0.4, -0.2) is 21.7 Å². The molecule has 1 rings (SSSR count). The molecular weight excluding hydrogens is 212 g/mol. The molecule has 1 aromatic heterocycles. The molecule has 0 spiro atoms. The van der Waals surface area contributed by atoms with E-state index >= 15 is 0 Å². The number of aromatic nitrogens is 1. The Bertz CT molecular complexity index is 326. The van der Waals surface area contributed by atoms with Gasteiger partial charge in [0.05, 0.1) is 6.10 Å². The van der Waals surface area contributed by atoms with Gasteiger partial charge in [-0.25, -0.2) is 4.98 Å². The van der Waals surface area contributed by atoms with Crippen molar-refractivity contribution in [3.05, 3.63) is 29.0 Å². The highest BCUT2D eigenvalue weighted by atomic mass is 35.5. The zero-order valence-electron chi connectivity index (χ0n) is 9.29.